The lowest BCUT2D eigenvalue weighted by Crippen LogP contribution is -2.34. The van der Waals surface area contributed by atoms with Crippen molar-refractivity contribution in [2.75, 3.05) is 0 Å². The first kappa shape index (κ1) is 9.32. The molecule has 2 aliphatic rings. The fourth-order valence-corrected chi connectivity index (χ4v) is 1.06. The van der Waals surface area contributed by atoms with Crippen LogP contribution in [0.5, 0.6) is 0 Å². The first-order chi connectivity index (χ1) is 7.16. The number of hydrogen-bond acceptors (Lipinski definition) is 6. The maximum absolute atomic E-state index is 11.5. The molecule has 0 spiro atoms. The number of hydrogen-bond donors (Lipinski definition) is 0. The number of fused-ring (bicyclic) bond motifs is 2. The monoisotopic (exact) mass is 207 g/mol. The van der Waals surface area contributed by atoms with E-state index in [4.69, 9.17) is 4.74 Å². The standard InChI is InChI=1S/C9H5NO5/c11-6-1-2-7(12)15-9-8(13)5(14-6)3-4-10-9/h1-5H/b2-1+. The normalized spacial score (nSPS) is 26.8. The summed E-state index contributed by atoms with van der Waals surface area (Å²) < 4.78 is 9.32. The molecular formula is C9H5NO5. The number of esters is 2. The van der Waals surface area contributed by atoms with E-state index in [9.17, 15) is 14.4 Å². The van der Waals surface area contributed by atoms with E-state index in [2.05, 4.69) is 9.73 Å². The van der Waals surface area contributed by atoms with E-state index in [1.165, 1.54) is 12.3 Å². The van der Waals surface area contributed by atoms with Crippen molar-refractivity contribution in [1.82, 2.24) is 0 Å². The minimum atomic E-state index is -1.07. The van der Waals surface area contributed by atoms with Gasteiger partial charge in [-0.1, -0.05) is 0 Å². The average molecular weight is 207 g/mol. The van der Waals surface area contributed by atoms with Gasteiger partial charge in [0.15, 0.2) is 6.10 Å². The molecule has 0 saturated carbocycles. The maximum Gasteiger partial charge on any atom is 0.337 e. The Morgan fingerprint density at radius 2 is 1.87 bits per heavy atom. The predicted molar refractivity (Wildman–Crippen MR) is 46.7 cm³/mol. The Labute approximate surface area is 83.9 Å². The maximum atomic E-state index is 11.5. The van der Waals surface area contributed by atoms with Gasteiger partial charge in [0.1, 0.15) is 0 Å². The van der Waals surface area contributed by atoms with E-state index in [0.717, 1.165) is 12.2 Å². The van der Waals surface area contributed by atoms with Crippen LogP contribution >= 0.6 is 0 Å². The molecule has 0 N–H and O–H groups in total. The summed E-state index contributed by atoms with van der Waals surface area (Å²) in [4.78, 5) is 37.1. The van der Waals surface area contributed by atoms with Gasteiger partial charge in [0.05, 0.1) is 0 Å². The fraction of sp³-hybridized carbons (Fsp3) is 0.111. The Morgan fingerprint density at radius 3 is 2.67 bits per heavy atom. The molecule has 6 heteroatoms. The van der Waals surface area contributed by atoms with Gasteiger partial charge in [-0.05, 0) is 6.08 Å². The molecule has 0 amide bonds. The van der Waals surface area contributed by atoms with Crippen molar-refractivity contribution >= 4 is 23.6 Å². The molecule has 1 unspecified atom stereocenters. The molecule has 2 rings (SSSR count). The van der Waals surface area contributed by atoms with Crippen LogP contribution in [0.3, 0.4) is 0 Å². The van der Waals surface area contributed by atoms with Gasteiger partial charge in [0.25, 0.3) is 11.7 Å². The zero-order valence-corrected chi connectivity index (χ0v) is 7.38. The third-order valence-corrected chi connectivity index (χ3v) is 1.72. The van der Waals surface area contributed by atoms with Gasteiger partial charge in [-0.15, -0.1) is 0 Å². The van der Waals surface area contributed by atoms with Crippen LogP contribution in [0.15, 0.2) is 29.4 Å². The van der Waals surface area contributed by atoms with Crippen LogP contribution in [0.2, 0.25) is 0 Å². The van der Waals surface area contributed by atoms with Gasteiger partial charge in [0.2, 0.25) is 0 Å². The van der Waals surface area contributed by atoms with Crippen molar-refractivity contribution in [2.45, 2.75) is 6.10 Å². The van der Waals surface area contributed by atoms with Crippen LogP contribution in [0, 0.1) is 0 Å². The van der Waals surface area contributed by atoms with E-state index in [1.54, 1.807) is 0 Å². The molecule has 2 heterocycles. The number of ketones is 1. The first-order valence-electron chi connectivity index (χ1n) is 4.06. The van der Waals surface area contributed by atoms with Crippen molar-refractivity contribution in [2.24, 2.45) is 4.99 Å². The summed E-state index contributed by atoms with van der Waals surface area (Å²) in [7, 11) is 0. The van der Waals surface area contributed by atoms with Crippen LogP contribution in [-0.4, -0.2) is 29.7 Å². The summed E-state index contributed by atoms with van der Waals surface area (Å²) in [5.74, 6) is -2.64. The number of carbonyl (C=O) groups excluding carboxylic acids is 3. The molecule has 2 bridgehead atoms. The first-order valence-corrected chi connectivity index (χ1v) is 4.06. The van der Waals surface area contributed by atoms with E-state index in [1.807, 2.05) is 0 Å². The van der Waals surface area contributed by atoms with Crippen LogP contribution < -0.4 is 0 Å². The Hall–Kier alpha value is -2.24. The molecule has 0 saturated heterocycles. The largest absolute Gasteiger partial charge is 0.446 e. The van der Waals surface area contributed by atoms with Crippen molar-refractivity contribution in [3.63, 3.8) is 0 Å². The fourth-order valence-electron chi connectivity index (χ4n) is 1.06. The molecule has 0 aromatic rings. The minimum Gasteiger partial charge on any atom is -0.446 e. The van der Waals surface area contributed by atoms with Crippen LogP contribution in [0.1, 0.15) is 0 Å². The highest BCUT2D eigenvalue weighted by Gasteiger charge is 2.30. The molecule has 0 aromatic heterocycles. The van der Waals surface area contributed by atoms with Crippen molar-refractivity contribution in [3.05, 3.63) is 24.4 Å². The molecule has 6 nitrogen and oxygen atoms in total. The summed E-state index contributed by atoms with van der Waals surface area (Å²) in [6.45, 7) is 0. The van der Waals surface area contributed by atoms with E-state index in [0.29, 0.717) is 0 Å². The quantitative estimate of drug-likeness (QED) is 0.500. The number of nitrogens with zero attached hydrogens (tertiary/aromatic N) is 1. The van der Waals surface area contributed by atoms with Gasteiger partial charge in [-0.25, -0.2) is 14.6 Å². The Morgan fingerprint density at radius 1 is 1.13 bits per heavy atom. The Kier molecular flexibility index (Phi) is 2.17. The summed E-state index contributed by atoms with van der Waals surface area (Å²) in [6.07, 6.45) is 3.24. The summed E-state index contributed by atoms with van der Waals surface area (Å²) in [5, 5.41) is 0. The number of Topliss-reactive ketones (excluding diaryl/α,β-unsaturated/α-hetero) is 1. The number of aliphatic imine (C=N–C) groups is 1. The van der Waals surface area contributed by atoms with Gasteiger partial charge in [-0.3, -0.25) is 4.79 Å². The molecule has 1 atom stereocenters. The second-order valence-corrected chi connectivity index (χ2v) is 2.75. The lowest BCUT2D eigenvalue weighted by molar-refractivity contribution is -0.145. The molecule has 0 aliphatic carbocycles. The van der Waals surface area contributed by atoms with E-state index in [-0.39, 0.29) is 5.90 Å². The highest BCUT2D eigenvalue weighted by atomic mass is 16.6. The van der Waals surface area contributed by atoms with Crippen molar-refractivity contribution in [1.29, 1.82) is 0 Å². The lowest BCUT2D eigenvalue weighted by atomic mass is 10.2. The van der Waals surface area contributed by atoms with Gasteiger partial charge < -0.3 is 9.47 Å². The van der Waals surface area contributed by atoms with Gasteiger partial charge in [0, 0.05) is 18.4 Å². The molecule has 76 valence electrons. The Bertz CT molecular complexity index is 432. The van der Waals surface area contributed by atoms with E-state index >= 15 is 0 Å². The molecule has 0 radical (unpaired) electrons. The summed E-state index contributed by atoms with van der Waals surface area (Å²) in [5.41, 5.74) is 0. The van der Waals surface area contributed by atoms with Gasteiger partial charge in [-0.2, -0.15) is 0 Å². The summed E-state index contributed by atoms with van der Waals surface area (Å²) in [6, 6.07) is 0. The lowest BCUT2D eigenvalue weighted by Gasteiger charge is -2.13. The second-order valence-electron chi connectivity index (χ2n) is 2.75. The average Bonchev–Trinajstić information content (AvgIpc) is 2.24. The zero-order valence-electron chi connectivity index (χ0n) is 7.38. The molecule has 15 heavy (non-hydrogen) atoms. The molecular weight excluding hydrogens is 202 g/mol. The Balaban J connectivity index is 2.37. The number of carbonyl (C=O) groups is 3. The van der Waals surface area contributed by atoms with Crippen molar-refractivity contribution < 1.29 is 23.9 Å². The van der Waals surface area contributed by atoms with Crippen LogP contribution in [0.25, 0.3) is 0 Å². The topological polar surface area (TPSA) is 82.0 Å². The number of rotatable bonds is 0. The predicted octanol–water partition coefficient (Wildman–Crippen LogP) is -0.494. The molecule has 2 aliphatic heterocycles. The molecule has 0 fully saturated rings. The molecule has 0 aromatic carbocycles. The van der Waals surface area contributed by atoms with Crippen LogP contribution in [0.4, 0.5) is 0 Å². The highest BCUT2D eigenvalue weighted by Crippen LogP contribution is 2.09. The van der Waals surface area contributed by atoms with E-state index < -0.39 is 23.8 Å². The van der Waals surface area contributed by atoms with Crippen LogP contribution in [-0.2, 0) is 23.9 Å². The second kappa shape index (κ2) is 3.49. The minimum absolute atomic E-state index is 0.369. The highest BCUT2D eigenvalue weighted by molar-refractivity contribution is 6.41. The number of ether oxygens (including phenoxy) is 2. The van der Waals surface area contributed by atoms with Crippen molar-refractivity contribution in [3.8, 4) is 0 Å². The smallest absolute Gasteiger partial charge is 0.337 e. The summed E-state index contributed by atoms with van der Waals surface area (Å²) >= 11 is 0. The van der Waals surface area contributed by atoms with Gasteiger partial charge >= 0.3 is 11.9 Å². The SMILES string of the molecule is O=C1/C=C/C(=O)OC2C=CN=C(O1)C2=O. The zero-order chi connectivity index (χ0) is 10.8. The third kappa shape index (κ3) is 1.83. The third-order valence-electron chi connectivity index (χ3n) is 1.72.